The zero-order chi connectivity index (χ0) is 13.0. The number of halogens is 3. The molecule has 0 aliphatic heterocycles. The summed E-state index contributed by atoms with van der Waals surface area (Å²) in [7, 11) is 0. The molecule has 0 N–H and O–H groups in total. The molecule has 4 heteroatoms. The molecule has 0 amide bonds. The molecule has 0 fully saturated rings. The lowest BCUT2D eigenvalue weighted by molar-refractivity contribution is -0.929. The number of unbranched alkanes of at least 4 members (excludes halogenated alkanes) is 4. The van der Waals surface area contributed by atoms with Crippen LogP contribution in [0.25, 0.3) is 0 Å². The van der Waals surface area contributed by atoms with Crippen LogP contribution in [0.15, 0.2) is 0 Å². The molecule has 0 aromatic heterocycles. The Kier molecular flexibility index (Phi) is 31.2. The molecule has 20 heavy (non-hydrogen) atoms. The smallest absolute Gasteiger partial charge is 0.0786 e. The van der Waals surface area contributed by atoms with Crippen LogP contribution in [0.5, 0.6) is 0 Å². The minimum atomic E-state index is 0. The Morgan fingerprint density at radius 3 is 0.850 bits per heavy atom. The molecule has 0 saturated carbocycles. The molecular weight excluding hydrogens is 540 g/mol. The predicted octanol–water partition coefficient (Wildman–Crippen LogP) is 6.82. The fraction of sp³-hybridized carbons (Fsp3) is 1.00. The van der Waals surface area contributed by atoms with E-state index in [1.54, 1.807) is 0 Å². The fourth-order valence-corrected chi connectivity index (χ4v) is 2.64. The first-order valence-electron chi connectivity index (χ1n) is 8.09. The van der Waals surface area contributed by atoms with E-state index < -0.39 is 0 Å². The quantitative estimate of drug-likeness (QED) is 0.176. The highest BCUT2D eigenvalue weighted by Gasteiger charge is 2.24. The van der Waals surface area contributed by atoms with Gasteiger partial charge in [0.1, 0.15) is 0 Å². The maximum absolute atomic E-state index is 2.33. The molecule has 1 nitrogen and oxygen atoms in total. The van der Waals surface area contributed by atoms with E-state index in [-0.39, 0.29) is 64.9 Å². The zero-order valence-electron chi connectivity index (χ0n) is 14.2. The van der Waals surface area contributed by atoms with Gasteiger partial charge in [-0.3, -0.25) is 0 Å². The molecule has 0 rings (SSSR count). The molecule has 0 heterocycles. The lowest BCUT2D eigenvalue weighted by Gasteiger charge is -2.39. The van der Waals surface area contributed by atoms with Gasteiger partial charge in [-0.15, -0.1) is 64.9 Å². The van der Waals surface area contributed by atoms with Crippen molar-refractivity contribution < 1.29 is 4.48 Å². The van der Waals surface area contributed by atoms with Gasteiger partial charge in [-0.05, 0) is 25.7 Å². The van der Waals surface area contributed by atoms with Crippen molar-refractivity contribution in [2.24, 2.45) is 0 Å². The lowest BCUT2D eigenvalue weighted by Crippen LogP contribution is -2.50. The number of quaternary nitrogens is 1. The van der Waals surface area contributed by atoms with Gasteiger partial charge < -0.3 is 4.48 Å². The summed E-state index contributed by atoms with van der Waals surface area (Å²) in [5.74, 6) is 0. The SMILES string of the molecule is Br.CCCC[N+](CCCC)(CCCC)CCCC.I.I. The van der Waals surface area contributed by atoms with E-state index in [9.17, 15) is 0 Å². The third-order valence-electron chi connectivity index (χ3n) is 3.94. The highest BCUT2D eigenvalue weighted by molar-refractivity contribution is 14.0. The average molecular weight is 579 g/mol. The van der Waals surface area contributed by atoms with Gasteiger partial charge in [0, 0.05) is 0 Å². The van der Waals surface area contributed by atoms with Crippen LogP contribution in [0, 0.1) is 0 Å². The minimum Gasteiger partial charge on any atom is -0.324 e. The van der Waals surface area contributed by atoms with Crippen LogP contribution >= 0.6 is 64.9 Å². The first-order valence-corrected chi connectivity index (χ1v) is 8.09. The Bertz CT molecular complexity index is 131. The summed E-state index contributed by atoms with van der Waals surface area (Å²) in [5, 5.41) is 0. The molecule has 0 saturated heterocycles. The summed E-state index contributed by atoms with van der Waals surface area (Å²) in [5.41, 5.74) is 0. The molecular formula is C16H39BrI2N+. The number of nitrogens with zero attached hydrogens (tertiary/aromatic N) is 1. The van der Waals surface area contributed by atoms with E-state index in [2.05, 4.69) is 27.7 Å². The molecule has 0 aliphatic rings. The number of rotatable bonds is 12. The Labute approximate surface area is 173 Å². The minimum absolute atomic E-state index is 0. The summed E-state index contributed by atoms with van der Waals surface area (Å²) in [4.78, 5) is 0. The Morgan fingerprint density at radius 1 is 0.500 bits per heavy atom. The maximum Gasteiger partial charge on any atom is 0.0786 e. The Morgan fingerprint density at radius 2 is 0.700 bits per heavy atom. The molecule has 0 atom stereocenters. The van der Waals surface area contributed by atoms with Gasteiger partial charge in [-0.25, -0.2) is 0 Å². The molecule has 0 unspecified atom stereocenters. The van der Waals surface area contributed by atoms with Crippen molar-refractivity contribution in [3.05, 3.63) is 0 Å². The van der Waals surface area contributed by atoms with E-state index >= 15 is 0 Å². The summed E-state index contributed by atoms with van der Waals surface area (Å²) in [6.07, 6.45) is 11.1. The molecule has 0 spiro atoms. The molecule has 0 radical (unpaired) electrons. The standard InChI is InChI=1S/C16H36N.BrH.2HI/c1-5-9-13-17(14-10-6-2,15-11-7-3)16-12-8-4;;;/h5-16H2,1-4H3;3*1H/q+1;;;. The first kappa shape index (κ1) is 29.9. The van der Waals surface area contributed by atoms with E-state index in [1.807, 2.05) is 0 Å². The summed E-state index contributed by atoms with van der Waals surface area (Å²) in [6, 6.07) is 0. The molecule has 128 valence electrons. The topological polar surface area (TPSA) is 0 Å². The van der Waals surface area contributed by atoms with Gasteiger partial charge in [-0.1, -0.05) is 53.4 Å². The van der Waals surface area contributed by atoms with Gasteiger partial charge in [0.05, 0.1) is 26.2 Å². The van der Waals surface area contributed by atoms with E-state index in [0.29, 0.717) is 0 Å². The van der Waals surface area contributed by atoms with Gasteiger partial charge >= 0.3 is 0 Å². The Hall–Kier alpha value is 1.90. The monoisotopic (exact) mass is 578 g/mol. The second-order valence-corrected chi connectivity index (χ2v) is 5.65. The highest BCUT2D eigenvalue weighted by Crippen LogP contribution is 2.16. The molecule has 0 aromatic carbocycles. The van der Waals surface area contributed by atoms with Crippen LogP contribution in [0.4, 0.5) is 0 Å². The van der Waals surface area contributed by atoms with Crippen molar-refractivity contribution in [1.82, 2.24) is 0 Å². The molecule has 0 aromatic rings. The van der Waals surface area contributed by atoms with Crippen LogP contribution < -0.4 is 0 Å². The van der Waals surface area contributed by atoms with Crippen molar-refractivity contribution >= 4 is 64.9 Å². The predicted molar refractivity (Wildman–Crippen MR) is 121 cm³/mol. The third kappa shape index (κ3) is 14.8. The van der Waals surface area contributed by atoms with Crippen molar-refractivity contribution in [1.29, 1.82) is 0 Å². The Balaban J connectivity index is -0.000000427. The van der Waals surface area contributed by atoms with Crippen LogP contribution in [-0.2, 0) is 0 Å². The van der Waals surface area contributed by atoms with Gasteiger partial charge in [0.2, 0.25) is 0 Å². The largest absolute Gasteiger partial charge is 0.324 e. The first-order chi connectivity index (χ1) is 8.24. The second kappa shape index (κ2) is 20.9. The van der Waals surface area contributed by atoms with E-state index in [0.717, 1.165) is 0 Å². The average Bonchev–Trinajstić information content (AvgIpc) is 2.37. The molecule has 0 bridgehead atoms. The van der Waals surface area contributed by atoms with Crippen molar-refractivity contribution in [2.75, 3.05) is 26.2 Å². The summed E-state index contributed by atoms with van der Waals surface area (Å²) < 4.78 is 1.42. The van der Waals surface area contributed by atoms with Crippen LogP contribution in [0.1, 0.15) is 79.1 Å². The van der Waals surface area contributed by atoms with E-state index in [1.165, 1.54) is 82.0 Å². The van der Waals surface area contributed by atoms with Gasteiger partial charge in [0.15, 0.2) is 0 Å². The van der Waals surface area contributed by atoms with Crippen LogP contribution in [-0.4, -0.2) is 30.7 Å². The van der Waals surface area contributed by atoms with Crippen LogP contribution in [0.2, 0.25) is 0 Å². The van der Waals surface area contributed by atoms with E-state index in [4.69, 9.17) is 0 Å². The van der Waals surface area contributed by atoms with Crippen molar-refractivity contribution in [2.45, 2.75) is 79.1 Å². The summed E-state index contributed by atoms with van der Waals surface area (Å²) in [6.45, 7) is 15.0. The normalized spacial score (nSPS) is 10.2. The molecule has 0 aliphatic carbocycles. The highest BCUT2D eigenvalue weighted by atomic mass is 127. The van der Waals surface area contributed by atoms with Crippen molar-refractivity contribution in [3.63, 3.8) is 0 Å². The van der Waals surface area contributed by atoms with Gasteiger partial charge in [0.25, 0.3) is 0 Å². The zero-order valence-corrected chi connectivity index (χ0v) is 20.5. The fourth-order valence-electron chi connectivity index (χ4n) is 2.64. The second-order valence-electron chi connectivity index (χ2n) is 5.65. The number of hydrogen-bond acceptors (Lipinski definition) is 0. The third-order valence-corrected chi connectivity index (χ3v) is 3.94. The van der Waals surface area contributed by atoms with Crippen molar-refractivity contribution in [3.8, 4) is 0 Å². The maximum atomic E-state index is 2.33. The van der Waals surface area contributed by atoms with Gasteiger partial charge in [-0.2, -0.15) is 0 Å². The lowest BCUT2D eigenvalue weighted by atomic mass is 10.1. The number of hydrogen-bond donors (Lipinski definition) is 0. The van der Waals surface area contributed by atoms with Crippen LogP contribution in [0.3, 0.4) is 0 Å². The summed E-state index contributed by atoms with van der Waals surface area (Å²) >= 11 is 0.